The summed E-state index contributed by atoms with van der Waals surface area (Å²) in [5.74, 6) is 1.26. The van der Waals surface area contributed by atoms with Gasteiger partial charge in [-0.25, -0.2) is 4.98 Å². The van der Waals surface area contributed by atoms with E-state index in [-0.39, 0.29) is 5.56 Å². The molecule has 0 fully saturated rings. The summed E-state index contributed by atoms with van der Waals surface area (Å²) in [4.78, 5) is 21.1. The van der Waals surface area contributed by atoms with E-state index in [1.54, 1.807) is 4.57 Å². The number of rotatable bonds is 1. The molecule has 0 atom stereocenters. The molecule has 100 valence electrons. The van der Waals surface area contributed by atoms with Crippen molar-refractivity contribution >= 4 is 11.2 Å². The lowest BCUT2D eigenvalue weighted by atomic mass is 10.1. The summed E-state index contributed by atoms with van der Waals surface area (Å²) in [5, 5.41) is 0. The van der Waals surface area contributed by atoms with Crippen molar-refractivity contribution < 1.29 is 4.42 Å². The van der Waals surface area contributed by atoms with E-state index in [9.17, 15) is 4.79 Å². The first-order valence-corrected chi connectivity index (χ1v) is 6.70. The van der Waals surface area contributed by atoms with Crippen molar-refractivity contribution in [1.29, 1.82) is 0 Å². The Morgan fingerprint density at radius 1 is 1.30 bits per heavy atom. The van der Waals surface area contributed by atoms with Crippen LogP contribution in [-0.4, -0.2) is 14.5 Å². The summed E-state index contributed by atoms with van der Waals surface area (Å²) >= 11 is 0. The maximum absolute atomic E-state index is 12.3. The Hall–Kier alpha value is -2.43. The molecule has 0 amide bonds. The summed E-state index contributed by atoms with van der Waals surface area (Å²) in [7, 11) is 0. The average Bonchev–Trinajstić information content (AvgIpc) is 3.05. The third-order valence-corrected chi connectivity index (χ3v) is 3.65. The second-order valence-corrected chi connectivity index (χ2v) is 5.13. The van der Waals surface area contributed by atoms with E-state index in [1.165, 1.54) is 0 Å². The fraction of sp³-hybridized carbons (Fsp3) is 0.267. The van der Waals surface area contributed by atoms with Gasteiger partial charge in [-0.2, -0.15) is 4.98 Å². The van der Waals surface area contributed by atoms with Gasteiger partial charge in [-0.3, -0.25) is 9.36 Å². The number of hydrogen-bond acceptors (Lipinski definition) is 4. The second-order valence-electron chi connectivity index (χ2n) is 5.13. The molecule has 2 aromatic heterocycles. The maximum Gasteiger partial charge on any atom is 0.283 e. The molecular weight excluding hydrogens is 254 g/mol. The SMILES string of the molecule is Cc1cccc(-c2nc3c(=O)n4c(nc3o2)CCC4)c1. The Balaban J connectivity index is 1.96. The van der Waals surface area contributed by atoms with Gasteiger partial charge < -0.3 is 4.42 Å². The van der Waals surface area contributed by atoms with Crippen LogP contribution in [0.25, 0.3) is 22.7 Å². The summed E-state index contributed by atoms with van der Waals surface area (Å²) in [6.07, 6.45) is 1.78. The first-order chi connectivity index (χ1) is 9.72. The third-order valence-electron chi connectivity index (χ3n) is 3.65. The van der Waals surface area contributed by atoms with Gasteiger partial charge in [0.2, 0.25) is 5.89 Å². The van der Waals surface area contributed by atoms with Crippen LogP contribution in [0.5, 0.6) is 0 Å². The molecule has 0 unspecified atom stereocenters. The van der Waals surface area contributed by atoms with Crippen LogP contribution in [0.1, 0.15) is 17.8 Å². The van der Waals surface area contributed by atoms with E-state index in [4.69, 9.17) is 4.42 Å². The first kappa shape index (κ1) is 11.4. The molecule has 0 spiro atoms. The third kappa shape index (κ3) is 1.59. The lowest BCUT2D eigenvalue weighted by Crippen LogP contribution is -2.20. The van der Waals surface area contributed by atoms with Gasteiger partial charge in [-0.05, 0) is 25.5 Å². The van der Waals surface area contributed by atoms with Crippen LogP contribution in [0.4, 0.5) is 0 Å². The molecule has 0 N–H and O–H groups in total. The van der Waals surface area contributed by atoms with E-state index in [2.05, 4.69) is 9.97 Å². The van der Waals surface area contributed by atoms with Gasteiger partial charge in [0.05, 0.1) is 0 Å². The minimum Gasteiger partial charge on any atom is -0.417 e. The molecular formula is C15H13N3O2. The highest BCUT2D eigenvalue weighted by atomic mass is 16.4. The molecule has 3 aromatic rings. The predicted molar refractivity (Wildman–Crippen MR) is 74.6 cm³/mol. The van der Waals surface area contributed by atoms with Crippen LogP contribution in [0.15, 0.2) is 33.5 Å². The largest absolute Gasteiger partial charge is 0.417 e. The van der Waals surface area contributed by atoms with Crippen molar-refractivity contribution in [2.24, 2.45) is 0 Å². The van der Waals surface area contributed by atoms with Crippen LogP contribution in [-0.2, 0) is 13.0 Å². The van der Waals surface area contributed by atoms with Crippen LogP contribution in [0, 0.1) is 6.92 Å². The minimum atomic E-state index is -0.0925. The zero-order valence-corrected chi connectivity index (χ0v) is 11.1. The molecule has 0 aliphatic carbocycles. The monoisotopic (exact) mass is 267 g/mol. The molecule has 1 aliphatic heterocycles. The van der Waals surface area contributed by atoms with Gasteiger partial charge in [-0.15, -0.1) is 0 Å². The quantitative estimate of drug-likeness (QED) is 0.678. The zero-order valence-electron chi connectivity index (χ0n) is 11.1. The lowest BCUT2D eigenvalue weighted by Gasteiger charge is -1.98. The van der Waals surface area contributed by atoms with Crippen molar-refractivity contribution in [2.45, 2.75) is 26.3 Å². The summed E-state index contributed by atoms with van der Waals surface area (Å²) in [5.41, 5.74) is 2.57. The molecule has 0 saturated carbocycles. The summed E-state index contributed by atoms with van der Waals surface area (Å²) in [6.45, 7) is 2.73. The highest BCUT2D eigenvalue weighted by molar-refractivity contribution is 5.72. The number of fused-ring (bicyclic) bond motifs is 2. The van der Waals surface area contributed by atoms with Crippen LogP contribution in [0.2, 0.25) is 0 Å². The van der Waals surface area contributed by atoms with E-state index >= 15 is 0 Å². The lowest BCUT2D eigenvalue weighted by molar-refractivity contribution is 0.602. The molecule has 4 rings (SSSR count). The fourth-order valence-corrected chi connectivity index (χ4v) is 2.67. The Bertz CT molecular complexity index is 876. The second kappa shape index (κ2) is 4.03. The topological polar surface area (TPSA) is 60.9 Å². The van der Waals surface area contributed by atoms with Crippen molar-refractivity contribution in [3.63, 3.8) is 0 Å². The van der Waals surface area contributed by atoms with Crippen molar-refractivity contribution in [1.82, 2.24) is 14.5 Å². The van der Waals surface area contributed by atoms with E-state index in [1.807, 2.05) is 31.2 Å². The molecule has 0 bridgehead atoms. The molecule has 5 nitrogen and oxygen atoms in total. The Morgan fingerprint density at radius 2 is 2.20 bits per heavy atom. The molecule has 0 saturated heterocycles. The molecule has 1 aliphatic rings. The normalized spacial score (nSPS) is 13.8. The Morgan fingerprint density at radius 3 is 3.05 bits per heavy atom. The van der Waals surface area contributed by atoms with Gasteiger partial charge in [0.25, 0.3) is 11.3 Å². The first-order valence-electron chi connectivity index (χ1n) is 6.70. The molecule has 5 heteroatoms. The van der Waals surface area contributed by atoms with Gasteiger partial charge in [0.1, 0.15) is 5.82 Å². The van der Waals surface area contributed by atoms with Gasteiger partial charge in [-0.1, -0.05) is 17.7 Å². The fourth-order valence-electron chi connectivity index (χ4n) is 2.67. The minimum absolute atomic E-state index is 0.0925. The van der Waals surface area contributed by atoms with Crippen molar-refractivity contribution in [3.05, 3.63) is 46.0 Å². The van der Waals surface area contributed by atoms with Gasteiger partial charge in [0.15, 0.2) is 5.52 Å². The number of aryl methyl sites for hydroxylation is 2. The highest BCUT2D eigenvalue weighted by Gasteiger charge is 2.20. The number of nitrogens with zero attached hydrogens (tertiary/aromatic N) is 3. The van der Waals surface area contributed by atoms with E-state index < -0.39 is 0 Å². The summed E-state index contributed by atoms with van der Waals surface area (Å²) in [6, 6.07) is 7.85. The van der Waals surface area contributed by atoms with E-state index in [0.29, 0.717) is 17.1 Å². The van der Waals surface area contributed by atoms with Gasteiger partial charge >= 0.3 is 0 Å². The summed E-state index contributed by atoms with van der Waals surface area (Å²) < 4.78 is 7.38. The number of benzene rings is 1. The van der Waals surface area contributed by atoms with Crippen molar-refractivity contribution in [3.8, 4) is 11.5 Å². The highest BCUT2D eigenvalue weighted by Crippen LogP contribution is 2.23. The van der Waals surface area contributed by atoms with Crippen LogP contribution < -0.4 is 5.56 Å². The standard InChI is InChI=1S/C15H13N3O2/c1-9-4-2-5-10(8-9)13-17-12-14(20-13)16-11-6-3-7-18(11)15(12)19/h2,4-5,8H,3,6-7H2,1H3. The maximum atomic E-state index is 12.3. The molecule has 3 heterocycles. The molecule has 0 radical (unpaired) electrons. The average molecular weight is 267 g/mol. The Labute approximate surface area is 114 Å². The van der Waals surface area contributed by atoms with Crippen LogP contribution >= 0.6 is 0 Å². The smallest absolute Gasteiger partial charge is 0.283 e. The molecule has 20 heavy (non-hydrogen) atoms. The number of oxazole rings is 1. The van der Waals surface area contributed by atoms with E-state index in [0.717, 1.165) is 36.3 Å². The molecule has 1 aromatic carbocycles. The number of aromatic nitrogens is 3. The predicted octanol–water partition coefficient (Wildman–Crippen LogP) is 2.31. The van der Waals surface area contributed by atoms with Gasteiger partial charge in [0, 0.05) is 18.5 Å². The van der Waals surface area contributed by atoms with Crippen molar-refractivity contribution in [2.75, 3.05) is 0 Å². The van der Waals surface area contributed by atoms with Crippen LogP contribution in [0.3, 0.4) is 0 Å². The number of hydrogen-bond donors (Lipinski definition) is 0. The zero-order chi connectivity index (χ0) is 13.7. The Kier molecular flexibility index (Phi) is 2.30.